The molecule has 244 valence electrons. The third-order valence-corrected chi connectivity index (χ3v) is 9.26. The van der Waals surface area contributed by atoms with Gasteiger partial charge in [-0.3, -0.25) is 0 Å². The molecule has 1 saturated heterocycles. The number of imidazole rings is 2. The van der Waals surface area contributed by atoms with Crippen molar-refractivity contribution in [1.29, 1.82) is 0 Å². The van der Waals surface area contributed by atoms with Crippen molar-refractivity contribution in [3.05, 3.63) is 139 Å². The predicted molar refractivity (Wildman–Crippen MR) is 201 cm³/mol. The van der Waals surface area contributed by atoms with E-state index in [9.17, 15) is 0 Å². The van der Waals surface area contributed by atoms with Gasteiger partial charge in [0.1, 0.15) is 24.0 Å². The molecule has 1 atom stereocenters. The van der Waals surface area contributed by atoms with Gasteiger partial charge in [0.05, 0.1) is 28.1 Å². The maximum absolute atomic E-state index is 6.66. The molecule has 7 aromatic rings. The molecule has 0 saturated carbocycles. The average molecular weight is 677 g/mol. The first kappa shape index (κ1) is 33.3. The highest BCUT2D eigenvalue weighted by Gasteiger charge is 2.30. The highest BCUT2D eigenvalue weighted by atomic mass is 35.5. The molecule has 0 bridgehead atoms. The van der Waals surface area contributed by atoms with Gasteiger partial charge in [-0.2, -0.15) is 0 Å². The molecular formula is C40H39Cl2N5O. The Labute approximate surface area is 293 Å². The molecule has 2 aromatic heterocycles. The summed E-state index contributed by atoms with van der Waals surface area (Å²) in [6, 6.07) is 46.6. The van der Waals surface area contributed by atoms with Crippen molar-refractivity contribution in [2.45, 2.75) is 25.4 Å². The van der Waals surface area contributed by atoms with Crippen LogP contribution in [0.5, 0.6) is 5.75 Å². The van der Waals surface area contributed by atoms with E-state index in [1.165, 1.54) is 5.56 Å². The number of rotatable bonds is 9. The van der Waals surface area contributed by atoms with E-state index in [1.807, 2.05) is 6.07 Å². The Balaban J connectivity index is 0.00000201. The maximum Gasteiger partial charge on any atom is 0.141 e. The monoisotopic (exact) mass is 675 g/mol. The second-order valence-electron chi connectivity index (χ2n) is 12.1. The van der Waals surface area contributed by atoms with Crippen LogP contribution in [-0.2, 0) is 6.54 Å². The number of hydrogen-bond acceptors (Lipinski definition) is 4. The highest BCUT2D eigenvalue weighted by molar-refractivity contribution is 5.86. The molecule has 0 spiro atoms. The van der Waals surface area contributed by atoms with Gasteiger partial charge >= 0.3 is 0 Å². The van der Waals surface area contributed by atoms with Gasteiger partial charge in [0.15, 0.2) is 0 Å². The van der Waals surface area contributed by atoms with Crippen LogP contribution in [0.4, 0.5) is 0 Å². The van der Waals surface area contributed by atoms with E-state index in [2.05, 4.69) is 142 Å². The number of hydrogen-bond donors (Lipinski definition) is 1. The lowest BCUT2D eigenvalue weighted by Gasteiger charge is -2.33. The SMILES string of the molecule is Cl.Cl.c1ccc(Cn2c(-c3ccc(OC[C@H](C4CCNCC4)n4c(-c5ccccc5)nc5ccccc54)cc3)nc3ccccc32)cc1. The quantitative estimate of drug-likeness (QED) is 0.166. The van der Waals surface area contributed by atoms with Crippen molar-refractivity contribution in [2.24, 2.45) is 5.92 Å². The fraction of sp³-hybridized carbons (Fsp3) is 0.200. The van der Waals surface area contributed by atoms with Crippen molar-refractivity contribution in [3.8, 4) is 28.5 Å². The van der Waals surface area contributed by atoms with Crippen LogP contribution in [0.3, 0.4) is 0 Å². The number of fused-ring (bicyclic) bond motifs is 2. The van der Waals surface area contributed by atoms with Crippen molar-refractivity contribution < 1.29 is 4.74 Å². The van der Waals surface area contributed by atoms with Gasteiger partial charge in [-0.05, 0) is 85.9 Å². The summed E-state index contributed by atoms with van der Waals surface area (Å²) in [7, 11) is 0. The lowest BCUT2D eigenvalue weighted by molar-refractivity contribution is 0.175. The third kappa shape index (κ3) is 6.70. The van der Waals surface area contributed by atoms with Crippen LogP contribution in [0.25, 0.3) is 44.8 Å². The van der Waals surface area contributed by atoms with Crippen molar-refractivity contribution >= 4 is 46.9 Å². The maximum atomic E-state index is 6.66. The lowest BCUT2D eigenvalue weighted by atomic mass is 9.90. The van der Waals surface area contributed by atoms with Crippen LogP contribution >= 0.6 is 24.8 Å². The van der Waals surface area contributed by atoms with Gasteiger partial charge in [0.25, 0.3) is 0 Å². The molecule has 1 fully saturated rings. The molecule has 1 N–H and O–H groups in total. The minimum atomic E-state index is 0. The zero-order valence-electron chi connectivity index (χ0n) is 26.6. The highest BCUT2D eigenvalue weighted by Crippen LogP contribution is 2.36. The summed E-state index contributed by atoms with van der Waals surface area (Å²) in [5, 5.41) is 3.55. The van der Waals surface area contributed by atoms with E-state index >= 15 is 0 Å². The van der Waals surface area contributed by atoms with E-state index in [0.29, 0.717) is 12.5 Å². The van der Waals surface area contributed by atoms with E-state index in [0.717, 1.165) is 83.1 Å². The van der Waals surface area contributed by atoms with E-state index in [-0.39, 0.29) is 30.9 Å². The molecule has 0 unspecified atom stereocenters. The van der Waals surface area contributed by atoms with Crippen molar-refractivity contribution in [1.82, 2.24) is 24.4 Å². The molecule has 48 heavy (non-hydrogen) atoms. The number of benzene rings is 5. The standard InChI is InChI=1S/C40H37N5O.2ClH/c1-3-11-29(12-4-1)27-44-36-17-9-7-15-34(36)42-39(44)32-19-21-33(22-20-32)46-28-38(30-23-25-41-26-24-30)45-37-18-10-8-16-35(37)43-40(45)31-13-5-2-6-14-31;;/h1-22,30,38,41H,23-28H2;2*1H/t38-;;/m1../s1. The van der Waals surface area contributed by atoms with E-state index in [1.54, 1.807) is 0 Å². The van der Waals surface area contributed by atoms with E-state index < -0.39 is 0 Å². The van der Waals surface area contributed by atoms with Crippen LogP contribution in [0, 0.1) is 5.92 Å². The zero-order valence-corrected chi connectivity index (χ0v) is 28.2. The van der Waals surface area contributed by atoms with E-state index in [4.69, 9.17) is 14.7 Å². The number of piperidine rings is 1. The Kier molecular flexibility index (Phi) is 10.5. The Morgan fingerprint density at radius 3 is 1.90 bits per heavy atom. The molecule has 1 aliphatic heterocycles. The largest absolute Gasteiger partial charge is 0.491 e. The topological polar surface area (TPSA) is 56.9 Å². The Bertz CT molecular complexity index is 2070. The summed E-state index contributed by atoms with van der Waals surface area (Å²) < 4.78 is 11.4. The number of halogens is 2. The van der Waals surface area contributed by atoms with Gasteiger partial charge in [0.2, 0.25) is 0 Å². The van der Waals surface area contributed by atoms with Gasteiger partial charge in [-0.15, -0.1) is 24.8 Å². The molecule has 0 aliphatic carbocycles. The summed E-state index contributed by atoms with van der Waals surface area (Å²) in [5.41, 5.74) is 7.75. The Hall–Kier alpha value is -4.62. The fourth-order valence-electron chi connectivity index (χ4n) is 6.93. The average Bonchev–Trinajstić information content (AvgIpc) is 3.69. The summed E-state index contributed by atoms with van der Waals surface area (Å²) >= 11 is 0. The van der Waals surface area contributed by atoms with Crippen molar-refractivity contribution in [2.75, 3.05) is 19.7 Å². The van der Waals surface area contributed by atoms with Crippen LogP contribution in [0.2, 0.25) is 0 Å². The first-order valence-corrected chi connectivity index (χ1v) is 16.3. The molecule has 8 rings (SSSR count). The fourth-order valence-corrected chi connectivity index (χ4v) is 6.93. The number of aromatic nitrogens is 4. The molecule has 3 heterocycles. The lowest BCUT2D eigenvalue weighted by Crippen LogP contribution is -2.35. The number of ether oxygens (including phenoxy) is 1. The van der Waals surface area contributed by atoms with Crippen LogP contribution in [0.15, 0.2) is 133 Å². The van der Waals surface area contributed by atoms with Crippen LogP contribution in [0.1, 0.15) is 24.4 Å². The smallest absolute Gasteiger partial charge is 0.141 e. The molecule has 0 radical (unpaired) electrons. The minimum Gasteiger partial charge on any atom is -0.491 e. The molecule has 6 nitrogen and oxygen atoms in total. The Morgan fingerprint density at radius 2 is 1.19 bits per heavy atom. The normalized spacial score (nSPS) is 13.9. The molecular weight excluding hydrogens is 637 g/mol. The first-order valence-electron chi connectivity index (χ1n) is 16.3. The summed E-state index contributed by atoms with van der Waals surface area (Å²) in [5.74, 6) is 3.29. The van der Waals surface area contributed by atoms with Gasteiger partial charge < -0.3 is 19.2 Å². The summed E-state index contributed by atoms with van der Waals surface area (Å²) in [4.78, 5) is 10.2. The molecule has 1 aliphatic rings. The first-order chi connectivity index (χ1) is 22.8. The minimum absolute atomic E-state index is 0. The third-order valence-electron chi connectivity index (χ3n) is 9.26. The van der Waals surface area contributed by atoms with Gasteiger partial charge in [0, 0.05) is 17.7 Å². The molecule has 5 aromatic carbocycles. The summed E-state index contributed by atoms with van der Waals surface area (Å²) in [6.07, 6.45) is 2.21. The molecule has 0 amide bonds. The van der Waals surface area contributed by atoms with Crippen LogP contribution < -0.4 is 10.1 Å². The number of nitrogens with zero attached hydrogens (tertiary/aromatic N) is 4. The van der Waals surface area contributed by atoms with Crippen LogP contribution in [-0.4, -0.2) is 38.8 Å². The zero-order chi connectivity index (χ0) is 30.7. The number of nitrogens with one attached hydrogen (secondary N) is 1. The van der Waals surface area contributed by atoms with Crippen molar-refractivity contribution in [3.63, 3.8) is 0 Å². The second kappa shape index (κ2) is 15.1. The second-order valence-corrected chi connectivity index (χ2v) is 12.1. The van der Waals surface area contributed by atoms with Gasteiger partial charge in [-0.1, -0.05) is 84.9 Å². The summed E-state index contributed by atoms with van der Waals surface area (Å²) in [6.45, 7) is 3.37. The van der Waals surface area contributed by atoms with Gasteiger partial charge in [-0.25, -0.2) is 9.97 Å². The molecule has 8 heteroatoms. The Morgan fingerprint density at radius 1 is 0.625 bits per heavy atom. The predicted octanol–water partition coefficient (Wildman–Crippen LogP) is 9.23. The number of para-hydroxylation sites is 4.